The van der Waals surface area contributed by atoms with Crippen molar-refractivity contribution in [2.24, 2.45) is 0 Å². The molecule has 0 bridgehead atoms. The average molecular weight is 335 g/mol. The van der Waals surface area contributed by atoms with Crippen LogP contribution in [0.1, 0.15) is 41.4 Å². The van der Waals surface area contributed by atoms with E-state index in [1.54, 1.807) is 0 Å². The van der Waals surface area contributed by atoms with Crippen LogP contribution in [0.15, 0.2) is 28.7 Å². The summed E-state index contributed by atoms with van der Waals surface area (Å²) in [6.07, 6.45) is 3.30. The van der Waals surface area contributed by atoms with Crippen LogP contribution in [0.2, 0.25) is 0 Å². The summed E-state index contributed by atoms with van der Waals surface area (Å²) in [6.45, 7) is 2.13. The molecule has 1 N–H and O–H groups in total. The Balaban J connectivity index is 1.97. The lowest BCUT2D eigenvalue weighted by Gasteiger charge is -2.09. The second-order valence-corrected chi connectivity index (χ2v) is 6.27. The van der Waals surface area contributed by atoms with E-state index < -0.39 is 0 Å². The molecule has 0 radical (unpaired) electrons. The number of hydrogen-bond donors (Lipinski definition) is 1. The minimum atomic E-state index is 0.634. The number of hydrogen-bond acceptors (Lipinski definition) is 2. The van der Waals surface area contributed by atoms with Crippen LogP contribution >= 0.6 is 28.1 Å². The van der Waals surface area contributed by atoms with Crippen molar-refractivity contribution in [3.8, 4) is 0 Å². The van der Waals surface area contributed by atoms with Gasteiger partial charge in [-0.3, -0.25) is 0 Å². The van der Waals surface area contributed by atoms with E-state index in [9.17, 15) is 0 Å². The Morgan fingerprint density at radius 3 is 2.79 bits per heavy atom. The Bertz CT molecular complexity index is 674. The number of benzene rings is 1. The molecule has 2 aromatic rings. The van der Waals surface area contributed by atoms with Crippen molar-refractivity contribution >= 4 is 28.1 Å². The third-order valence-corrected chi connectivity index (χ3v) is 4.91. The zero-order chi connectivity index (χ0) is 13.4. The fourth-order valence-electron chi connectivity index (χ4n) is 2.25. The summed E-state index contributed by atoms with van der Waals surface area (Å²) in [5, 5.41) is 0. The summed E-state index contributed by atoms with van der Waals surface area (Å²) >= 11 is 8.90. The number of aryl methyl sites for hydroxylation is 1. The predicted octanol–water partition coefficient (Wildman–Crippen LogP) is 4.68. The van der Waals surface area contributed by atoms with E-state index >= 15 is 0 Å². The molecule has 3 rings (SSSR count). The van der Waals surface area contributed by atoms with Gasteiger partial charge < -0.3 is 4.98 Å². The first-order valence-corrected chi connectivity index (χ1v) is 7.68. The zero-order valence-corrected chi connectivity index (χ0v) is 13.1. The number of nitrogens with zero attached hydrogens (tertiary/aromatic N) is 1. The van der Waals surface area contributed by atoms with Crippen LogP contribution in [0.5, 0.6) is 0 Å². The molecule has 98 valence electrons. The molecule has 1 aromatic carbocycles. The molecular formula is C15H15BrN2S. The third kappa shape index (κ3) is 2.79. The topological polar surface area (TPSA) is 28.7 Å². The van der Waals surface area contributed by atoms with Gasteiger partial charge in [0.2, 0.25) is 0 Å². The Morgan fingerprint density at radius 1 is 1.37 bits per heavy atom. The van der Waals surface area contributed by atoms with Crippen LogP contribution in [-0.2, 0) is 6.42 Å². The quantitative estimate of drug-likeness (QED) is 0.825. The summed E-state index contributed by atoms with van der Waals surface area (Å²) in [5.74, 6) is 1.60. The standard InChI is InChI=1S/C15H15BrN2S/c1-9-4-2-3-5-11(9)8-12-17-14(10-6-7-10)13(16)15(19)18-12/h2-5,10H,6-8H2,1H3,(H,17,18,19). The maximum absolute atomic E-state index is 5.35. The van der Waals surface area contributed by atoms with E-state index in [1.807, 2.05) is 0 Å². The fourth-order valence-corrected chi connectivity index (χ4v) is 2.98. The van der Waals surface area contributed by atoms with Crippen LogP contribution in [0.3, 0.4) is 0 Å². The molecule has 1 fully saturated rings. The van der Waals surface area contributed by atoms with E-state index in [0.29, 0.717) is 10.6 Å². The lowest BCUT2D eigenvalue weighted by Crippen LogP contribution is -2.03. The molecule has 1 aromatic heterocycles. The first-order chi connectivity index (χ1) is 9.15. The Hall–Kier alpha value is -1.00. The zero-order valence-electron chi connectivity index (χ0n) is 10.7. The van der Waals surface area contributed by atoms with Crippen LogP contribution < -0.4 is 0 Å². The average Bonchev–Trinajstić information content (AvgIpc) is 3.20. The normalized spacial score (nSPS) is 14.6. The lowest BCUT2D eigenvalue weighted by molar-refractivity contribution is 0.880. The molecule has 0 aliphatic heterocycles. The number of halogens is 1. The van der Waals surface area contributed by atoms with E-state index in [4.69, 9.17) is 12.2 Å². The Kier molecular flexibility index (Phi) is 3.54. The summed E-state index contributed by atoms with van der Waals surface area (Å²) in [5.41, 5.74) is 3.81. The highest BCUT2D eigenvalue weighted by atomic mass is 79.9. The first kappa shape index (κ1) is 13.0. The molecule has 19 heavy (non-hydrogen) atoms. The van der Waals surface area contributed by atoms with Gasteiger partial charge in [-0.15, -0.1) is 0 Å². The molecule has 1 aliphatic rings. The minimum Gasteiger partial charge on any atom is -0.346 e. The lowest BCUT2D eigenvalue weighted by atomic mass is 10.1. The van der Waals surface area contributed by atoms with Crippen LogP contribution in [0.4, 0.5) is 0 Å². The van der Waals surface area contributed by atoms with Crippen LogP contribution in [0, 0.1) is 11.6 Å². The van der Waals surface area contributed by atoms with Gasteiger partial charge in [-0.25, -0.2) is 4.98 Å². The highest BCUT2D eigenvalue weighted by Crippen LogP contribution is 2.42. The first-order valence-electron chi connectivity index (χ1n) is 6.48. The minimum absolute atomic E-state index is 0.634. The van der Waals surface area contributed by atoms with Gasteiger partial charge in [-0.05, 0) is 46.8 Å². The van der Waals surface area contributed by atoms with Gasteiger partial charge in [-0.1, -0.05) is 36.5 Å². The van der Waals surface area contributed by atoms with Gasteiger partial charge in [-0.2, -0.15) is 0 Å². The van der Waals surface area contributed by atoms with Crippen molar-refractivity contribution in [2.45, 2.75) is 32.1 Å². The van der Waals surface area contributed by atoms with Crippen molar-refractivity contribution in [1.29, 1.82) is 0 Å². The maximum Gasteiger partial charge on any atom is 0.144 e. The van der Waals surface area contributed by atoms with Crippen molar-refractivity contribution in [1.82, 2.24) is 9.97 Å². The molecule has 0 unspecified atom stereocenters. The molecule has 0 saturated heterocycles. The molecule has 0 amide bonds. The smallest absolute Gasteiger partial charge is 0.144 e. The molecule has 0 spiro atoms. The second kappa shape index (κ2) is 5.17. The molecule has 0 atom stereocenters. The van der Waals surface area contributed by atoms with E-state index in [-0.39, 0.29) is 0 Å². The third-order valence-electron chi connectivity index (χ3n) is 3.54. The Labute approximate surface area is 126 Å². The van der Waals surface area contributed by atoms with Crippen LogP contribution in [-0.4, -0.2) is 9.97 Å². The predicted molar refractivity (Wildman–Crippen MR) is 83.1 cm³/mol. The van der Waals surface area contributed by atoms with Crippen molar-refractivity contribution < 1.29 is 0 Å². The molecule has 1 aliphatic carbocycles. The summed E-state index contributed by atoms with van der Waals surface area (Å²) in [7, 11) is 0. The van der Waals surface area contributed by atoms with Gasteiger partial charge in [0.05, 0.1) is 4.47 Å². The number of aromatic nitrogens is 2. The number of nitrogens with one attached hydrogen (secondary N) is 1. The van der Waals surface area contributed by atoms with Gasteiger partial charge in [0.25, 0.3) is 0 Å². The Morgan fingerprint density at radius 2 is 2.11 bits per heavy atom. The molecular weight excluding hydrogens is 320 g/mol. The summed E-state index contributed by atoms with van der Waals surface area (Å²) in [4.78, 5) is 7.96. The van der Waals surface area contributed by atoms with Crippen LogP contribution in [0.25, 0.3) is 0 Å². The number of aromatic amines is 1. The number of H-pyrrole nitrogens is 1. The van der Waals surface area contributed by atoms with E-state index in [2.05, 4.69) is 57.1 Å². The number of rotatable bonds is 3. The largest absolute Gasteiger partial charge is 0.346 e. The fraction of sp³-hybridized carbons (Fsp3) is 0.333. The van der Waals surface area contributed by atoms with Gasteiger partial charge in [0, 0.05) is 18.0 Å². The van der Waals surface area contributed by atoms with E-state index in [1.165, 1.54) is 29.7 Å². The van der Waals surface area contributed by atoms with Gasteiger partial charge >= 0.3 is 0 Å². The van der Waals surface area contributed by atoms with Gasteiger partial charge in [0.15, 0.2) is 0 Å². The molecule has 1 saturated carbocycles. The summed E-state index contributed by atoms with van der Waals surface area (Å²) < 4.78 is 1.64. The monoisotopic (exact) mass is 334 g/mol. The molecule has 4 heteroatoms. The molecule has 1 heterocycles. The molecule has 2 nitrogen and oxygen atoms in total. The highest BCUT2D eigenvalue weighted by Gasteiger charge is 2.27. The van der Waals surface area contributed by atoms with E-state index in [0.717, 1.165) is 16.7 Å². The van der Waals surface area contributed by atoms with Gasteiger partial charge in [0.1, 0.15) is 10.5 Å². The van der Waals surface area contributed by atoms with Crippen molar-refractivity contribution in [2.75, 3.05) is 0 Å². The van der Waals surface area contributed by atoms with Crippen molar-refractivity contribution in [3.05, 3.63) is 56.0 Å². The highest BCUT2D eigenvalue weighted by molar-refractivity contribution is 9.10. The summed E-state index contributed by atoms with van der Waals surface area (Å²) in [6, 6.07) is 8.40. The second-order valence-electron chi connectivity index (χ2n) is 5.09. The van der Waals surface area contributed by atoms with Crippen molar-refractivity contribution in [3.63, 3.8) is 0 Å². The SMILES string of the molecule is Cc1ccccc1Cc1nc(=S)c(Br)c(C2CC2)[nH]1. The maximum atomic E-state index is 5.35.